The molecule has 0 bridgehead atoms. The van der Waals surface area contributed by atoms with Gasteiger partial charge in [0.1, 0.15) is 5.69 Å². The number of rotatable bonds is 4. The van der Waals surface area contributed by atoms with Crippen molar-refractivity contribution in [2.24, 2.45) is 12.8 Å². The number of fused-ring (bicyclic) bond motifs is 1. The topological polar surface area (TPSA) is 111 Å². The van der Waals surface area contributed by atoms with E-state index in [4.69, 9.17) is 17.3 Å². The largest absolute Gasteiger partial charge is 0.351 e. The maximum atomic E-state index is 10.9. The molecule has 0 radical (unpaired) electrons. The van der Waals surface area contributed by atoms with Crippen LogP contribution in [0.15, 0.2) is 54.7 Å². The second kappa shape index (κ2) is 7.16. The first-order valence-corrected chi connectivity index (χ1v) is 8.76. The standard InChI is InChI=1S/C19H16ClN7O/c1-27-17-15(10-22-19(25-17)24-14-4-2-3-12(20)9-14)16(26-27)11-5-7-13(8-6-11)23-18(21)28/h2-10H,1H3,(H3,21,23,28)(H,22,24,25). The van der Waals surface area contributed by atoms with Gasteiger partial charge in [-0.2, -0.15) is 10.1 Å². The lowest BCUT2D eigenvalue weighted by molar-refractivity contribution is 0.259. The molecule has 9 heteroatoms. The molecule has 2 aromatic carbocycles. The molecule has 4 N–H and O–H groups in total. The van der Waals surface area contributed by atoms with E-state index in [1.807, 2.05) is 31.3 Å². The summed E-state index contributed by atoms with van der Waals surface area (Å²) < 4.78 is 1.70. The first kappa shape index (κ1) is 17.7. The van der Waals surface area contributed by atoms with Crippen molar-refractivity contribution in [1.82, 2.24) is 19.7 Å². The number of benzene rings is 2. The third-order valence-corrected chi connectivity index (χ3v) is 4.32. The van der Waals surface area contributed by atoms with Crippen molar-refractivity contribution in [3.8, 4) is 11.3 Å². The SMILES string of the molecule is Cn1nc(-c2ccc(NC(N)=O)cc2)c2cnc(Nc3cccc(Cl)c3)nc21. The number of amides is 2. The van der Waals surface area contributed by atoms with Crippen molar-refractivity contribution < 1.29 is 4.79 Å². The third-order valence-electron chi connectivity index (χ3n) is 4.09. The van der Waals surface area contributed by atoms with Gasteiger partial charge in [-0.1, -0.05) is 29.8 Å². The van der Waals surface area contributed by atoms with Crippen LogP contribution in [0, 0.1) is 0 Å². The number of hydrogen-bond acceptors (Lipinski definition) is 5. The number of nitrogens with one attached hydrogen (secondary N) is 2. The second-order valence-electron chi connectivity index (χ2n) is 6.11. The predicted molar refractivity (Wildman–Crippen MR) is 110 cm³/mol. The van der Waals surface area contributed by atoms with Gasteiger partial charge >= 0.3 is 6.03 Å². The lowest BCUT2D eigenvalue weighted by atomic mass is 10.1. The van der Waals surface area contributed by atoms with E-state index in [0.29, 0.717) is 22.3 Å². The Bertz CT molecular complexity index is 1170. The molecular weight excluding hydrogens is 378 g/mol. The highest BCUT2D eigenvalue weighted by atomic mass is 35.5. The van der Waals surface area contributed by atoms with Crippen LogP contribution in [0.4, 0.5) is 22.1 Å². The molecule has 140 valence electrons. The van der Waals surface area contributed by atoms with Gasteiger partial charge in [-0.05, 0) is 30.3 Å². The van der Waals surface area contributed by atoms with Crippen molar-refractivity contribution in [1.29, 1.82) is 0 Å². The number of anilines is 3. The Morgan fingerprint density at radius 3 is 2.64 bits per heavy atom. The normalized spacial score (nSPS) is 10.8. The summed E-state index contributed by atoms with van der Waals surface area (Å²) >= 11 is 6.02. The summed E-state index contributed by atoms with van der Waals surface area (Å²) in [7, 11) is 1.82. The van der Waals surface area contributed by atoms with Gasteiger partial charge in [0.25, 0.3) is 0 Å². The molecule has 0 spiro atoms. The molecule has 2 amide bonds. The molecule has 0 aliphatic carbocycles. The molecule has 2 heterocycles. The van der Waals surface area contributed by atoms with Crippen LogP contribution in [0.5, 0.6) is 0 Å². The molecule has 0 unspecified atom stereocenters. The van der Waals surface area contributed by atoms with E-state index < -0.39 is 6.03 Å². The minimum Gasteiger partial charge on any atom is -0.351 e. The number of urea groups is 1. The smallest absolute Gasteiger partial charge is 0.316 e. The van der Waals surface area contributed by atoms with E-state index in [1.54, 1.807) is 35.1 Å². The summed E-state index contributed by atoms with van der Waals surface area (Å²) in [6.07, 6.45) is 1.73. The summed E-state index contributed by atoms with van der Waals surface area (Å²) in [5.41, 5.74) is 8.85. The van der Waals surface area contributed by atoms with Gasteiger partial charge in [0.15, 0.2) is 5.65 Å². The Hall–Kier alpha value is -3.65. The number of aromatic nitrogens is 4. The van der Waals surface area contributed by atoms with Gasteiger partial charge in [-0.25, -0.2) is 14.5 Å². The van der Waals surface area contributed by atoms with Gasteiger partial charge in [0.2, 0.25) is 5.95 Å². The zero-order chi connectivity index (χ0) is 19.7. The Morgan fingerprint density at radius 2 is 1.93 bits per heavy atom. The number of hydrogen-bond donors (Lipinski definition) is 3. The van der Waals surface area contributed by atoms with Gasteiger partial charge < -0.3 is 16.4 Å². The summed E-state index contributed by atoms with van der Waals surface area (Å²) in [6, 6.07) is 13.9. The van der Waals surface area contributed by atoms with Gasteiger partial charge in [0.05, 0.1) is 5.39 Å². The minimum absolute atomic E-state index is 0.449. The molecule has 28 heavy (non-hydrogen) atoms. The fourth-order valence-corrected chi connectivity index (χ4v) is 3.05. The van der Waals surface area contributed by atoms with Crippen LogP contribution in [-0.4, -0.2) is 25.8 Å². The van der Waals surface area contributed by atoms with Crippen molar-refractivity contribution in [2.45, 2.75) is 0 Å². The number of nitrogens with two attached hydrogens (primary N) is 1. The average Bonchev–Trinajstić information content (AvgIpc) is 2.98. The molecule has 0 saturated carbocycles. The van der Waals surface area contributed by atoms with E-state index in [1.165, 1.54) is 0 Å². The number of carbonyl (C=O) groups is 1. The monoisotopic (exact) mass is 393 g/mol. The van der Waals surface area contributed by atoms with Gasteiger partial charge in [-0.3, -0.25) is 0 Å². The fourth-order valence-electron chi connectivity index (χ4n) is 2.86. The van der Waals surface area contributed by atoms with E-state index >= 15 is 0 Å². The van der Waals surface area contributed by atoms with Crippen molar-refractivity contribution in [3.05, 3.63) is 59.8 Å². The maximum Gasteiger partial charge on any atom is 0.316 e. The van der Waals surface area contributed by atoms with Crippen LogP contribution in [0.25, 0.3) is 22.3 Å². The fraction of sp³-hybridized carbons (Fsp3) is 0.0526. The Kier molecular flexibility index (Phi) is 4.54. The summed E-state index contributed by atoms with van der Waals surface area (Å²) in [5.74, 6) is 0.449. The second-order valence-corrected chi connectivity index (χ2v) is 6.54. The molecule has 0 aliphatic heterocycles. The Morgan fingerprint density at radius 1 is 1.14 bits per heavy atom. The predicted octanol–water partition coefficient (Wildman–Crippen LogP) is 3.92. The number of primary amides is 1. The molecule has 0 atom stereocenters. The van der Waals surface area contributed by atoms with E-state index in [9.17, 15) is 4.79 Å². The van der Waals surface area contributed by atoms with Crippen LogP contribution >= 0.6 is 11.6 Å². The first-order chi connectivity index (χ1) is 13.5. The molecular formula is C19H16ClN7O. The van der Waals surface area contributed by atoms with Crippen LogP contribution < -0.4 is 16.4 Å². The van der Waals surface area contributed by atoms with Crippen molar-refractivity contribution in [2.75, 3.05) is 10.6 Å². The quantitative estimate of drug-likeness (QED) is 0.486. The highest BCUT2D eigenvalue weighted by molar-refractivity contribution is 6.30. The summed E-state index contributed by atoms with van der Waals surface area (Å²) in [5, 5.41) is 11.7. The number of aryl methyl sites for hydroxylation is 1. The number of halogens is 1. The number of nitrogens with zero attached hydrogens (tertiary/aromatic N) is 4. The molecule has 8 nitrogen and oxygen atoms in total. The van der Waals surface area contributed by atoms with Crippen LogP contribution in [-0.2, 0) is 7.05 Å². The average molecular weight is 394 g/mol. The van der Waals surface area contributed by atoms with E-state index in [2.05, 4.69) is 25.7 Å². The lowest BCUT2D eigenvalue weighted by Crippen LogP contribution is -2.19. The number of carbonyl (C=O) groups excluding carboxylic acids is 1. The van der Waals surface area contributed by atoms with Crippen molar-refractivity contribution >= 4 is 46.0 Å². The van der Waals surface area contributed by atoms with Gasteiger partial charge in [-0.15, -0.1) is 0 Å². The zero-order valence-corrected chi connectivity index (χ0v) is 15.6. The highest BCUT2D eigenvalue weighted by Gasteiger charge is 2.14. The first-order valence-electron chi connectivity index (χ1n) is 8.39. The van der Waals surface area contributed by atoms with Crippen LogP contribution in [0.3, 0.4) is 0 Å². The molecule has 4 aromatic rings. The summed E-state index contributed by atoms with van der Waals surface area (Å²) in [6.45, 7) is 0. The summed E-state index contributed by atoms with van der Waals surface area (Å²) in [4.78, 5) is 19.9. The van der Waals surface area contributed by atoms with Crippen LogP contribution in [0.1, 0.15) is 0 Å². The Balaban J connectivity index is 1.67. The van der Waals surface area contributed by atoms with Crippen LogP contribution in [0.2, 0.25) is 5.02 Å². The minimum atomic E-state index is -0.607. The molecule has 0 fully saturated rings. The molecule has 4 rings (SSSR count). The highest BCUT2D eigenvalue weighted by Crippen LogP contribution is 2.28. The maximum absolute atomic E-state index is 10.9. The zero-order valence-electron chi connectivity index (χ0n) is 14.8. The van der Waals surface area contributed by atoms with E-state index in [0.717, 1.165) is 22.3 Å². The lowest BCUT2D eigenvalue weighted by Gasteiger charge is -2.05. The van der Waals surface area contributed by atoms with Gasteiger partial charge in [0, 0.05) is 35.2 Å². The third kappa shape index (κ3) is 3.58. The molecule has 0 aliphatic rings. The molecule has 2 aromatic heterocycles. The van der Waals surface area contributed by atoms with E-state index in [-0.39, 0.29) is 0 Å². The molecule has 0 saturated heterocycles. The Labute approximate surface area is 165 Å². The van der Waals surface area contributed by atoms with Crippen molar-refractivity contribution in [3.63, 3.8) is 0 Å².